The third-order valence-corrected chi connectivity index (χ3v) is 18.7. The number of aromatic nitrogens is 4. The average molecular weight is 1290 g/mol. The molecule has 2 aliphatic heterocycles. The molecular formula is C84H94N4O8. The number of aromatic amines is 2. The summed E-state index contributed by atoms with van der Waals surface area (Å²) in [5.41, 5.74) is 9.43. The van der Waals surface area contributed by atoms with E-state index >= 15 is 0 Å². The van der Waals surface area contributed by atoms with E-state index in [2.05, 4.69) is 187 Å². The fourth-order valence-corrected chi connectivity index (χ4v) is 13.7. The summed E-state index contributed by atoms with van der Waals surface area (Å²) in [6, 6.07) is 43.0. The number of hydrogen-bond acceptors (Lipinski definition) is 10. The Morgan fingerprint density at radius 2 is 0.406 bits per heavy atom. The lowest BCUT2D eigenvalue weighted by atomic mass is 9.94. The van der Waals surface area contributed by atoms with Gasteiger partial charge in [-0.1, -0.05) is 204 Å². The summed E-state index contributed by atoms with van der Waals surface area (Å²) in [6.45, 7) is 21.8. The smallest absolute Gasteiger partial charge is 0.137 e. The van der Waals surface area contributed by atoms with Gasteiger partial charge < -0.3 is 47.9 Å². The highest BCUT2D eigenvalue weighted by molar-refractivity contribution is 6.25. The molecule has 96 heavy (non-hydrogen) atoms. The molecule has 12 heteroatoms. The zero-order valence-electron chi connectivity index (χ0n) is 57.7. The molecule has 3 aromatic heterocycles. The first kappa shape index (κ1) is 65.5. The zero-order chi connectivity index (χ0) is 66.1. The summed E-state index contributed by atoms with van der Waals surface area (Å²) in [6.07, 6.45) is 14.7. The minimum atomic E-state index is 0.514. The average Bonchev–Trinajstić information content (AvgIpc) is 1.57. The van der Waals surface area contributed by atoms with Gasteiger partial charge in [0.2, 0.25) is 0 Å². The van der Waals surface area contributed by atoms with Crippen molar-refractivity contribution in [2.45, 2.75) is 158 Å². The number of ether oxygens (including phenoxy) is 8. The number of nitrogens with one attached hydrogen (secondary N) is 2. The highest BCUT2D eigenvalue weighted by atomic mass is 16.5. The van der Waals surface area contributed by atoms with Gasteiger partial charge in [-0.3, -0.25) is 0 Å². The molecule has 0 radical (unpaired) electrons. The Bertz CT molecular complexity index is 4220. The Labute approximate surface area is 565 Å². The Morgan fingerprint density at radius 1 is 0.240 bits per heavy atom. The van der Waals surface area contributed by atoms with Crippen LogP contribution >= 0.6 is 0 Å². The Balaban J connectivity index is 1.32. The molecule has 0 amide bonds. The first-order chi connectivity index (χ1) is 47.4. The van der Waals surface area contributed by atoms with Gasteiger partial charge in [0.1, 0.15) is 46.0 Å². The Morgan fingerprint density at radius 3 is 0.583 bits per heavy atom. The predicted octanol–water partition coefficient (Wildman–Crippen LogP) is 23.3. The van der Waals surface area contributed by atoms with Crippen molar-refractivity contribution in [2.24, 2.45) is 0 Å². The second-order valence-corrected chi connectivity index (χ2v) is 25.7. The van der Waals surface area contributed by atoms with Gasteiger partial charge in [-0.25, -0.2) is 9.97 Å². The molecular weight excluding hydrogens is 1190 g/mol. The van der Waals surface area contributed by atoms with E-state index in [4.69, 9.17) is 47.9 Å². The van der Waals surface area contributed by atoms with E-state index in [1.165, 1.54) is 0 Å². The second-order valence-electron chi connectivity index (χ2n) is 25.7. The van der Waals surface area contributed by atoms with E-state index in [1.54, 1.807) is 0 Å². The molecule has 11 aromatic rings. The summed E-state index contributed by atoms with van der Waals surface area (Å²) < 4.78 is 57.9. The Hall–Kier alpha value is -9.16. The Kier molecular flexibility index (Phi) is 20.7. The zero-order valence-corrected chi connectivity index (χ0v) is 57.7. The quantitative estimate of drug-likeness (QED) is 0.0393. The first-order valence-corrected chi connectivity index (χ1v) is 36.1. The van der Waals surface area contributed by atoms with Crippen molar-refractivity contribution in [1.29, 1.82) is 0 Å². The molecule has 8 bridgehead atoms. The van der Waals surface area contributed by atoms with E-state index in [0.29, 0.717) is 75.6 Å². The topological polar surface area (TPSA) is 131 Å². The fourth-order valence-electron chi connectivity index (χ4n) is 13.7. The van der Waals surface area contributed by atoms with Gasteiger partial charge in [-0.2, -0.15) is 0 Å². The third-order valence-electron chi connectivity index (χ3n) is 18.7. The van der Waals surface area contributed by atoms with Gasteiger partial charge in [0.05, 0.1) is 141 Å². The van der Waals surface area contributed by atoms with Crippen LogP contribution in [0, 0.1) is 0 Å². The van der Waals surface area contributed by atoms with Crippen LogP contribution in [0.25, 0.3) is 132 Å². The van der Waals surface area contributed by atoms with Crippen molar-refractivity contribution in [3.8, 4) is 91.0 Å². The molecule has 498 valence electrons. The van der Waals surface area contributed by atoms with Crippen LogP contribution in [0.3, 0.4) is 0 Å². The van der Waals surface area contributed by atoms with Crippen molar-refractivity contribution < 1.29 is 37.9 Å². The monoisotopic (exact) mass is 1290 g/mol. The van der Waals surface area contributed by atoms with Gasteiger partial charge in [0.25, 0.3) is 0 Å². The van der Waals surface area contributed by atoms with Crippen LogP contribution in [-0.2, 0) is 0 Å². The van der Waals surface area contributed by atoms with Crippen molar-refractivity contribution >= 4 is 86.7 Å². The van der Waals surface area contributed by atoms with Crippen molar-refractivity contribution in [1.82, 2.24) is 19.9 Å². The largest absolute Gasteiger partial charge is 0.492 e. The molecule has 0 spiro atoms. The molecule has 8 aromatic carbocycles. The molecule has 2 N–H and O–H groups in total. The van der Waals surface area contributed by atoms with Crippen molar-refractivity contribution in [2.75, 3.05) is 52.9 Å². The van der Waals surface area contributed by atoms with Gasteiger partial charge in [-0.05, 0) is 75.6 Å². The van der Waals surface area contributed by atoms with E-state index in [1.807, 2.05) is 0 Å². The van der Waals surface area contributed by atoms with Gasteiger partial charge in [0.15, 0.2) is 0 Å². The maximum atomic E-state index is 7.24. The van der Waals surface area contributed by atoms with Gasteiger partial charge in [-0.15, -0.1) is 0 Å². The number of fused-ring (bicyclic) bond motifs is 24. The summed E-state index contributed by atoms with van der Waals surface area (Å²) in [5.74, 6) is 6.13. The molecule has 12 nitrogen and oxygen atoms in total. The predicted molar refractivity (Wildman–Crippen MR) is 398 cm³/mol. The molecule has 0 atom stereocenters. The molecule has 0 saturated heterocycles. The van der Waals surface area contributed by atoms with Crippen LogP contribution in [0.15, 0.2) is 121 Å². The van der Waals surface area contributed by atoms with E-state index in [0.717, 1.165) is 258 Å². The maximum Gasteiger partial charge on any atom is 0.137 e. The van der Waals surface area contributed by atoms with Crippen LogP contribution in [0.2, 0.25) is 0 Å². The number of unbranched alkanes of at least 4 members (excludes halogenated alkanes) is 8. The van der Waals surface area contributed by atoms with Crippen LogP contribution in [0.1, 0.15) is 158 Å². The summed E-state index contributed by atoms with van der Waals surface area (Å²) in [5, 5.41) is 11.2. The lowest BCUT2D eigenvalue weighted by Crippen LogP contribution is -2.03. The lowest BCUT2D eigenvalue weighted by Gasteiger charge is -2.19. The molecule has 0 aliphatic carbocycles. The second kappa shape index (κ2) is 30.3. The van der Waals surface area contributed by atoms with Gasteiger partial charge in [0, 0.05) is 43.1 Å². The highest BCUT2D eigenvalue weighted by Crippen LogP contribution is 2.58. The molecule has 2 aliphatic rings. The minimum Gasteiger partial charge on any atom is -0.492 e. The number of rotatable bonds is 32. The molecule has 5 heterocycles. The minimum absolute atomic E-state index is 0.514. The summed E-state index contributed by atoms with van der Waals surface area (Å²) in [7, 11) is 0. The van der Waals surface area contributed by atoms with E-state index in [-0.39, 0.29) is 0 Å². The number of benzene rings is 8. The van der Waals surface area contributed by atoms with Crippen LogP contribution in [0.5, 0.6) is 46.0 Å². The van der Waals surface area contributed by atoms with Crippen LogP contribution < -0.4 is 37.9 Å². The highest BCUT2D eigenvalue weighted by Gasteiger charge is 2.34. The number of H-pyrrole nitrogens is 2. The maximum absolute atomic E-state index is 7.24. The SMILES string of the molecule is CCCCOc1c2c(c(OCCCC)c3ccccc13)-c1cc3[nH]c(cc4nc(cc5[nH]c(cc-2n1)c1c(OCCCC)c2ccccc2c(OCCCC)c51)-c1c-4c(OCCCC)c2ccccc2c1OCCCC)c1c(OCCCC)c2ccccc2c(OCCCC)c31. The normalized spacial score (nSPS) is 11.9. The fraction of sp³-hybridized carbons (Fsp3) is 0.381. The van der Waals surface area contributed by atoms with E-state index < -0.39 is 0 Å². The standard InChI is InChI=1S/C84H94N4O8/c1-9-17-41-89-77-53-33-25-26-34-54(53)78(90-42-18-10-2)70-62-50-64-72-74(82(94-46-22-14-6)58-38-30-29-37-57(58)80(72)92-44-20-12-4)66(87-64)52-68-76-75(83(95-47-23-15-7)59-39-31-32-40-60(59)84(76)96-48-24-16-8)67(88-68)51-65-73-71(63(86-65)49-61(85-62)69(70)77)79(91-43-19-11-3)55-35-27-28-36-56(55)81(73)93-45-21-13-5/h25-40,49-52,85,88H,9-24,41-48H2,1-8H3. The molecule has 0 saturated carbocycles. The summed E-state index contributed by atoms with van der Waals surface area (Å²) >= 11 is 0. The molecule has 0 unspecified atom stereocenters. The summed E-state index contributed by atoms with van der Waals surface area (Å²) in [4.78, 5) is 20.2. The number of hydrogen-bond donors (Lipinski definition) is 2. The van der Waals surface area contributed by atoms with Crippen molar-refractivity contribution in [3.05, 3.63) is 121 Å². The number of nitrogens with zero attached hydrogens (tertiary/aromatic N) is 2. The lowest BCUT2D eigenvalue weighted by molar-refractivity contribution is 0.308. The molecule has 13 rings (SSSR count). The first-order valence-electron chi connectivity index (χ1n) is 36.1. The van der Waals surface area contributed by atoms with Crippen molar-refractivity contribution in [3.63, 3.8) is 0 Å². The van der Waals surface area contributed by atoms with Crippen LogP contribution in [0.4, 0.5) is 0 Å². The molecule has 0 fully saturated rings. The van der Waals surface area contributed by atoms with E-state index in [9.17, 15) is 0 Å². The van der Waals surface area contributed by atoms with Crippen LogP contribution in [-0.4, -0.2) is 72.8 Å². The van der Waals surface area contributed by atoms with Gasteiger partial charge >= 0.3 is 0 Å². The third kappa shape index (κ3) is 12.5.